The summed E-state index contributed by atoms with van der Waals surface area (Å²) in [5.41, 5.74) is 6.87. The van der Waals surface area contributed by atoms with Crippen molar-refractivity contribution in [1.82, 2.24) is 14.9 Å². The van der Waals surface area contributed by atoms with Gasteiger partial charge in [0.2, 0.25) is 0 Å². The third-order valence-electron chi connectivity index (χ3n) is 3.36. The molecule has 0 radical (unpaired) electrons. The molecule has 0 saturated carbocycles. The summed E-state index contributed by atoms with van der Waals surface area (Å²) in [6.07, 6.45) is 4.69. The highest BCUT2D eigenvalue weighted by atomic mass is 32.2. The molecular formula is C13H26N4O2S. The summed E-state index contributed by atoms with van der Waals surface area (Å²) in [6.45, 7) is 6.08. The van der Waals surface area contributed by atoms with Crippen molar-refractivity contribution in [1.29, 1.82) is 0 Å². The largest absolute Gasteiger partial charge is 0.326 e. The first-order valence-electron chi connectivity index (χ1n) is 7.22. The van der Waals surface area contributed by atoms with Crippen molar-refractivity contribution >= 4 is 10.0 Å². The van der Waals surface area contributed by atoms with E-state index in [-0.39, 0.29) is 17.6 Å². The lowest BCUT2D eigenvalue weighted by Gasteiger charge is -2.17. The number of hydrogen-bond donors (Lipinski definition) is 3. The zero-order chi connectivity index (χ0) is 15.2. The summed E-state index contributed by atoms with van der Waals surface area (Å²) >= 11 is 0. The Morgan fingerprint density at radius 3 is 2.55 bits per heavy atom. The van der Waals surface area contributed by atoms with E-state index in [1.54, 1.807) is 6.92 Å². The van der Waals surface area contributed by atoms with Gasteiger partial charge < -0.3 is 5.73 Å². The number of nitrogens with zero attached hydrogens (tertiary/aromatic N) is 1. The summed E-state index contributed by atoms with van der Waals surface area (Å²) in [7, 11) is -3.61. The van der Waals surface area contributed by atoms with Gasteiger partial charge >= 0.3 is 0 Å². The van der Waals surface area contributed by atoms with Gasteiger partial charge in [-0.2, -0.15) is 5.10 Å². The number of aryl methyl sites for hydroxylation is 1. The monoisotopic (exact) mass is 302 g/mol. The number of H-pyrrole nitrogens is 1. The molecule has 116 valence electrons. The zero-order valence-electron chi connectivity index (χ0n) is 12.6. The maximum atomic E-state index is 12.4. The number of rotatable bonds is 9. The molecule has 1 rings (SSSR count). The van der Waals surface area contributed by atoms with E-state index in [1.807, 2.05) is 0 Å². The van der Waals surface area contributed by atoms with Gasteiger partial charge in [0.25, 0.3) is 10.0 Å². The summed E-state index contributed by atoms with van der Waals surface area (Å²) < 4.78 is 27.6. The fourth-order valence-electron chi connectivity index (χ4n) is 2.23. The summed E-state index contributed by atoms with van der Waals surface area (Å²) in [5, 5.41) is 6.63. The van der Waals surface area contributed by atoms with Crippen molar-refractivity contribution in [2.24, 2.45) is 5.73 Å². The second kappa shape index (κ2) is 7.75. The minimum atomic E-state index is -3.61. The average Bonchev–Trinajstić information content (AvgIpc) is 2.77. The lowest BCUT2D eigenvalue weighted by atomic mass is 10.1. The average molecular weight is 302 g/mol. The van der Waals surface area contributed by atoms with Crippen molar-refractivity contribution in [3.8, 4) is 0 Å². The molecule has 1 unspecified atom stereocenters. The van der Waals surface area contributed by atoms with Crippen LogP contribution in [-0.2, 0) is 16.6 Å². The number of aromatic nitrogens is 2. The molecule has 1 heterocycles. The van der Waals surface area contributed by atoms with Crippen LogP contribution in [0.5, 0.6) is 0 Å². The Morgan fingerprint density at radius 1 is 1.30 bits per heavy atom. The van der Waals surface area contributed by atoms with E-state index >= 15 is 0 Å². The second-order valence-electron chi connectivity index (χ2n) is 5.09. The Kier molecular flexibility index (Phi) is 6.64. The van der Waals surface area contributed by atoms with Crippen LogP contribution in [0.25, 0.3) is 0 Å². The van der Waals surface area contributed by atoms with Gasteiger partial charge in [0, 0.05) is 23.8 Å². The number of aromatic amines is 1. The highest BCUT2D eigenvalue weighted by Crippen LogP contribution is 2.17. The standard InChI is InChI=1S/C13H26N4O2S/c1-4-6-8-11(7-5-2)17-20(18,19)13-12(9-14)10(3)15-16-13/h11,17H,4-9,14H2,1-3H3,(H,15,16). The van der Waals surface area contributed by atoms with Crippen molar-refractivity contribution in [2.75, 3.05) is 0 Å². The molecular weight excluding hydrogens is 276 g/mol. The molecule has 0 spiro atoms. The number of sulfonamides is 1. The Labute approximate surface area is 121 Å². The molecule has 0 aliphatic rings. The van der Waals surface area contributed by atoms with Crippen LogP contribution in [0, 0.1) is 6.92 Å². The van der Waals surface area contributed by atoms with Gasteiger partial charge in [-0.15, -0.1) is 0 Å². The highest BCUT2D eigenvalue weighted by Gasteiger charge is 2.25. The molecule has 0 saturated heterocycles. The van der Waals surface area contributed by atoms with Crippen molar-refractivity contribution in [3.63, 3.8) is 0 Å². The third kappa shape index (κ3) is 4.29. The Hall–Kier alpha value is -0.920. The molecule has 1 atom stereocenters. The van der Waals surface area contributed by atoms with E-state index in [9.17, 15) is 8.42 Å². The molecule has 20 heavy (non-hydrogen) atoms. The molecule has 0 amide bonds. The first kappa shape index (κ1) is 17.1. The minimum Gasteiger partial charge on any atom is -0.326 e. The third-order valence-corrected chi connectivity index (χ3v) is 4.85. The number of nitrogens with two attached hydrogens (primary N) is 1. The van der Waals surface area contributed by atoms with Crippen molar-refractivity contribution in [3.05, 3.63) is 11.3 Å². The fraction of sp³-hybridized carbons (Fsp3) is 0.769. The minimum absolute atomic E-state index is 0.0346. The normalized spacial score (nSPS) is 13.6. The van der Waals surface area contributed by atoms with Crippen LogP contribution < -0.4 is 10.5 Å². The number of unbranched alkanes of at least 4 members (excludes halogenated alkanes) is 1. The van der Waals surface area contributed by atoms with Gasteiger partial charge in [-0.1, -0.05) is 33.1 Å². The summed E-state index contributed by atoms with van der Waals surface area (Å²) in [4.78, 5) is 0. The molecule has 6 nitrogen and oxygen atoms in total. The van der Waals surface area contributed by atoms with E-state index < -0.39 is 10.0 Å². The van der Waals surface area contributed by atoms with Crippen LogP contribution in [0.1, 0.15) is 57.2 Å². The predicted octanol–water partition coefficient (Wildman–Crippen LogP) is 1.81. The second-order valence-corrected chi connectivity index (χ2v) is 6.71. The zero-order valence-corrected chi connectivity index (χ0v) is 13.4. The van der Waals surface area contributed by atoms with Crippen LogP contribution in [0.15, 0.2) is 5.03 Å². The number of hydrogen-bond acceptors (Lipinski definition) is 4. The van der Waals surface area contributed by atoms with Gasteiger partial charge in [0.15, 0.2) is 5.03 Å². The van der Waals surface area contributed by atoms with Gasteiger partial charge in [-0.25, -0.2) is 13.1 Å². The molecule has 0 fully saturated rings. The van der Waals surface area contributed by atoms with E-state index in [4.69, 9.17) is 5.73 Å². The SMILES string of the molecule is CCCCC(CCC)NS(=O)(=O)c1n[nH]c(C)c1CN. The lowest BCUT2D eigenvalue weighted by Crippen LogP contribution is -2.35. The smallest absolute Gasteiger partial charge is 0.260 e. The molecule has 0 aromatic carbocycles. The molecule has 7 heteroatoms. The molecule has 0 bridgehead atoms. The summed E-state index contributed by atoms with van der Waals surface area (Å²) in [6, 6.07) is -0.0346. The lowest BCUT2D eigenvalue weighted by molar-refractivity contribution is 0.481. The predicted molar refractivity (Wildman–Crippen MR) is 79.8 cm³/mol. The Bertz CT molecular complexity index is 510. The fourth-order valence-corrected chi connectivity index (χ4v) is 3.74. The van der Waals surface area contributed by atoms with E-state index in [0.29, 0.717) is 11.3 Å². The van der Waals surface area contributed by atoms with E-state index in [2.05, 4.69) is 28.8 Å². The molecule has 0 aliphatic heterocycles. The van der Waals surface area contributed by atoms with Gasteiger partial charge in [0.1, 0.15) is 0 Å². The maximum absolute atomic E-state index is 12.4. The van der Waals surface area contributed by atoms with Crippen molar-refractivity contribution in [2.45, 2.75) is 70.5 Å². The van der Waals surface area contributed by atoms with Crippen LogP contribution >= 0.6 is 0 Å². The van der Waals surface area contributed by atoms with Crippen LogP contribution in [0.3, 0.4) is 0 Å². The van der Waals surface area contributed by atoms with Crippen molar-refractivity contribution < 1.29 is 8.42 Å². The van der Waals surface area contributed by atoms with Gasteiger partial charge in [0.05, 0.1) is 0 Å². The van der Waals surface area contributed by atoms with Crippen LogP contribution in [0.4, 0.5) is 0 Å². The molecule has 4 N–H and O–H groups in total. The van der Waals surface area contributed by atoms with E-state index in [0.717, 1.165) is 32.1 Å². The molecule has 1 aromatic rings. The molecule has 1 aromatic heterocycles. The summed E-state index contributed by atoms with van der Waals surface area (Å²) in [5.74, 6) is 0. The topological polar surface area (TPSA) is 101 Å². The molecule has 0 aliphatic carbocycles. The van der Waals surface area contributed by atoms with Gasteiger partial charge in [-0.3, -0.25) is 5.10 Å². The van der Waals surface area contributed by atoms with Crippen LogP contribution in [-0.4, -0.2) is 24.7 Å². The Morgan fingerprint density at radius 2 is 2.00 bits per heavy atom. The van der Waals surface area contributed by atoms with Gasteiger partial charge in [-0.05, 0) is 19.8 Å². The number of nitrogens with one attached hydrogen (secondary N) is 2. The first-order chi connectivity index (χ1) is 9.46. The maximum Gasteiger partial charge on any atom is 0.260 e. The quantitative estimate of drug-likeness (QED) is 0.647. The Balaban J connectivity index is 2.91. The van der Waals surface area contributed by atoms with E-state index in [1.165, 1.54) is 0 Å². The first-order valence-corrected chi connectivity index (χ1v) is 8.70. The van der Waals surface area contributed by atoms with Crippen LogP contribution in [0.2, 0.25) is 0 Å². The highest BCUT2D eigenvalue weighted by molar-refractivity contribution is 7.89.